The maximum Gasteiger partial charge on any atom is 0.300 e. The maximum atomic E-state index is 9.51. The van der Waals surface area contributed by atoms with Crippen LogP contribution in [-0.2, 0) is 0 Å². The predicted molar refractivity (Wildman–Crippen MR) is 86.5 cm³/mol. The van der Waals surface area contributed by atoms with Crippen LogP contribution in [0.5, 0.6) is 17.4 Å². The summed E-state index contributed by atoms with van der Waals surface area (Å²) in [6.45, 7) is 2.36. The predicted octanol–water partition coefficient (Wildman–Crippen LogP) is 1.91. The summed E-state index contributed by atoms with van der Waals surface area (Å²) in [5.74, 6) is 1.38. The van der Waals surface area contributed by atoms with E-state index in [0.717, 1.165) is 0 Å². The van der Waals surface area contributed by atoms with E-state index in [0.29, 0.717) is 29.2 Å². The van der Waals surface area contributed by atoms with Crippen molar-refractivity contribution < 1.29 is 19.2 Å². The van der Waals surface area contributed by atoms with Crippen LogP contribution in [0.1, 0.15) is 18.1 Å². The fourth-order valence-electron chi connectivity index (χ4n) is 2.38. The molecule has 0 radical (unpaired) electrons. The Labute approximate surface area is 139 Å². The average Bonchev–Trinajstić information content (AvgIpc) is 2.61. The van der Waals surface area contributed by atoms with E-state index in [-0.39, 0.29) is 22.8 Å². The van der Waals surface area contributed by atoms with Crippen molar-refractivity contribution in [2.75, 3.05) is 26.6 Å². The van der Waals surface area contributed by atoms with Gasteiger partial charge in [-0.25, -0.2) is 4.98 Å². The standard InChI is InChI=1S/C17H16N4O3/c1-4-24-13-6-5-10(7-14(13)22-2)15-11(8-18)16(20)21-17(23-3)12(15)9-19/h5-7H,4H2,1-3H3,(H2,20,21)/p+1. The number of aromatic nitrogens is 1. The molecule has 0 bridgehead atoms. The van der Waals surface area contributed by atoms with E-state index in [1.54, 1.807) is 18.2 Å². The molecule has 2 aromatic rings. The number of nitrogens with two attached hydrogens (primary N) is 1. The number of hydrogen-bond donors (Lipinski definition) is 1. The zero-order chi connectivity index (χ0) is 17.7. The molecule has 122 valence electrons. The largest absolute Gasteiger partial charge is 0.493 e. The molecule has 0 aliphatic rings. The topological polar surface area (TPSA) is 115 Å². The van der Waals surface area contributed by atoms with Gasteiger partial charge < -0.3 is 14.2 Å². The van der Waals surface area contributed by atoms with Gasteiger partial charge in [-0.05, 0) is 24.6 Å². The van der Waals surface area contributed by atoms with Crippen LogP contribution in [0.3, 0.4) is 0 Å². The van der Waals surface area contributed by atoms with E-state index < -0.39 is 0 Å². The number of pyridine rings is 1. The zero-order valence-corrected chi connectivity index (χ0v) is 13.6. The molecule has 24 heavy (non-hydrogen) atoms. The summed E-state index contributed by atoms with van der Waals surface area (Å²) in [5, 5.41) is 19.0. The molecule has 2 rings (SSSR count). The molecule has 0 saturated heterocycles. The molecule has 0 fully saturated rings. The van der Waals surface area contributed by atoms with E-state index in [1.165, 1.54) is 14.2 Å². The summed E-state index contributed by atoms with van der Waals surface area (Å²) in [6, 6.07) is 9.24. The van der Waals surface area contributed by atoms with Gasteiger partial charge >= 0.3 is 5.88 Å². The van der Waals surface area contributed by atoms with Crippen LogP contribution in [0, 0.1) is 22.7 Å². The van der Waals surface area contributed by atoms with Gasteiger partial charge in [0.25, 0.3) is 5.82 Å². The van der Waals surface area contributed by atoms with Gasteiger partial charge in [0.15, 0.2) is 17.1 Å². The van der Waals surface area contributed by atoms with Crippen LogP contribution in [0.2, 0.25) is 0 Å². The molecule has 1 aromatic heterocycles. The molecule has 0 spiro atoms. The van der Waals surface area contributed by atoms with Crippen molar-refractivity contribution in [1.29, 1.82) is 10.5 Å². The highest BCUT2D eigenvalue weighted by atomic mass is 16.5. The number of anilines is 1. The van der Waals surface area contributed by atoms with E-state index in [9.17, 15) is 10.5 Å². The second-order valence-electron chi connectivity index (χ2n) is 4.72. The lowest BCUT2D eigenvalue weighted by molar-refractivity contribution is -0.376. The van der Waals surface area contributed by atoms with Gasteiger partial charge in [-0.2, -0.15) is 10.5 Å². The Morgan fingerprint density at radius 1 is 1.08 bits per heavy atom. The third-order valence-electron chi connectivity index (χ3n) is 3.42. The first-order valence-electron chi connectivity index (χ1n) is 7.15. The van der Waals surface area contributed by atoms with Crippen molar-refractivity contribution >= 4 is 5.82 Å². The van der Waals surface area contributed by atoms with Crippen molar-refractivity contribution in [3.8, 4) is 40.6 Å². The van der Waals surface area contributed by atoms with Crippen LogP contribution in [0.15, 0.2) is 18.2 Å². The monoisotopic (exact) mass is 325 g/mol. The summed E-state index contributed by atoms with van der Waals surface area (Å²) in [4.78, 5) is 2.72. The van der Waals surface area contributed by atoms with Gasteiger partial charge in [0.05, 0.1) is 20.8 Å². The Bertz CT molecular complexity index is 850. The molecule has 0 amide bonds. The molecule has 0 unspecified atom stereocenters. The molecule has 7 nitrogen and oxygen atoms in total. The van der Waals surface area contributed by atoms with Crippen molar-refractivity contribution in [1.82, 2.24) is 0 Å². The number of rotatable bonds is 5. The number of aromatic amines is 1. The fourth-order valence-corrected chi connectivity index (χ4v) is 2.38. The normalized spacial score (nSPS) is 9.71. The molecular weight excluding hydrogens is 308 g/mol. The van der Waals surface area contributed by atoms with E-state index in [1.807, 2.05) is 13.0 Å². The lowest BCUT2D eigenvalue weighted by atomic mass is 9.96. The highest BCUT2D eigenvalue weighted by Gasteiger charge is 2.24. The molecule has 7 heteroatoms. The summed E-state index contributed by atoms with van der Waals surface area (Å²) in [7, 11) is 2.94. The molecule has 0 aliphatic carbocycles. The van der Waals surface area contributed by atoms with Gasteiger partial charge in [0.1, 0.15) is 17.7 Å². The minimum absolute atomic E-state index is 0.121. The van der Waals surface area contributed by atoms with Gasteiger partial charge in [0.2, 0.25) is 0 Å². The Balaban J connectivity index is 2.79. The molecule has 0 aliphatic heterocycles. The van der Waals surface area contributed by atoms with Gasteiger partial charge in [0, 0.05) is 5.56 Å². The van der Waals surface area contributed by atoms with Crippen LogP contribution < -0.4 is 24.9 Å². The highest BCUT2D eigenvalue weighted by Crippen LogP contribution is 2.37. The summed E-state index contributed by atoms with van der Waals surface area (Å²) in [6.07, 6.45) is 0. The number of H-pyrrole nitrogens is 1. The van der Waals surface area contributed by atoms with Crippen LogP contribution >= 0.6 is 0 Å². The zero-order valence-electron chi connectivity index (χ0n) is 13.6. The Morgan fingerprint density at radius 3 is 2.33 bits per heavy atom. The molecule has 1 aromatic carbocycles. The average molecular weight is 325 g/mol. The molecule has 1 heterocycles. The number of methoxy groups -OCH3 is 2. The second-order valence-corrected chi connectivity index (χ2v) is 4.72. The van der Waals surface area contributed by atoms with Crippen molar-refractivity contribution in [2.24, 2.45) is 0 Å². The van der Waals surface area contributed by atoms with Crippen molar-refractivity contribution in [2.45, 2.75) is 6.92 Å². The molecule has 0 atom stereocenters. The molecular formula is C17H17N4O3+. The highest BCUT2D eigenvalue weighted by molar-refractivity contribution is 5.81. The number of nitrogen functional groups attached to an aromatic ring is 1. The van der Waals surface area contributed by atoms with Crippen LogP contribution in [-0.4, -0.2) is 20.8 Å². The van der Waals surface area contributed by atoms with E-state index in [2.05, 4.69) is 11.1 Å². The lowest BCUT2D eigenvalue weighted by Gasteiger charge is -2.13. The van der Waals surface area contributed by atoms with E-state index in [4.69, 9.17) is 19.9 Å². The Hall–Kier alpha value is -3.45. The SMILES string of the molecule is CCOc1ccc(-c2c(C#N)c(N)[nH+]c(OC)c2C#N)cc1OC. The third kappa shape index (κ3) is 2.88. The third-order valence-corrected chi connectivity index (χ3v) is 3.42. The molecule has 3 N–H and O–H groups in total. The summed E-state index contributed by atoms with van der Waals surface area (Å²) >= 11 is 0. The second kappa shape index (κ2) is 7.21. The quantitative estimate of drug-likeness (QED) is 0.897. The van der Waals surface area contributed by atoms with Gasteiger partial charge in [-0.1, -0.05) is 6.07 Å². The minimum Gasteiger partial charge on any atom is -0.493 e. The smallest absolute Gasteiger partial charge is 0.300 e. The summed E-state index contributed by atoms with van der Waals surface area (Å²) in [5.41, 5.74) is 7.23. The first kappa shape index (κ1) is 16.9. The first-order chi connectivity index (χ1) is 11.6. The van der Waals surface area contributed by atoms with Crippen molar-refractivity contribution in [3.05, 3.63) is 29.3 Å². The van der Waals surface area contributed by atoms with Crippen LogP contribution in [0.4, 0.5) is 5.82 Å². The van der Waals surface area contributed by atoms with E-state index >= 15 is 0 Å². The first-order valence-corrected chi connectivity index (χ1v) is 7.15. The number of hydrogen-bond acceptors (Lipinski definition) is 6. The Kier molecular flexibility index (Phi) is 5.08. The van der Waals surface area contributed by atoms with Gasteiger partial charge in [-0.15, -0.1) is 0 Å². The number of ether oxygens (including phenoxy) is 3. The lowest BCUT2D eigenvalue weighted by Crippen LogP contribution is -2.18. The number of nitrogens with zero attached hydrogens (tertiary/aromatic N) is 2. The minimum atomic E-state index is 0.121. The fraction of sp³-hybridized carbons (Fsp3) is 0.235. The number of nitrogens with one attached hydrogen (secondary N) is 1. The Morgan fingerprint density at radius 2 is 1.79 bits per heavy atom. The summed E-state index contributed by atoms with van der Waals surface area (Å²) < 4.78 is 16.0. The maximum absolute atomic E-state index is 9.51. The van der Waals surface area contributed by atoms with Gasteiger partial charge in [-0.3, -0.25) is 5.73 Å². The number of nitriles is 2. The number of benzene rings is 1. The van der Waals surface area contributed by atoms with Crippen LogP contribution in [0.25, 0.3) is 11.1 Å². The molecule has 0 saturated carbocycles. The van der Waals surface area contributed by atoms with Crippen molar-refractivity contribution in [3.63, 3.8) is 0 Å².